The number of carbonyl (C=O) groups is 1. The zero-order valence-electron chi connectivity index (χ0n) is 10.4. The van der Waals surface area contributed by atoms with Crippen LogP contribution >= 0.6 is 0 Å². The van der Waals surface area contributed by atoms with Gasteiger partial charge in [0.05, 0.1) is 5.56 Å². The van der Waals surface area contributed by atoms with Crippen LogP contribution in [0.1, 0.15) is 43.0 Å². The molecule has 1 aliphatic carbocycles. The van der Waals surface area contributed by atoms with Gasteiger partial charge >= 0.3 is 0 Å². The number of carbonyl (C=O) groups excluding carboxylic acids is 1. The lowest BCUT2D eigenvalue weighted by molar-refractivity contribution is 0.101. The molecule has 1 fully saturated rings. The van der Waals surface area contributed by atoms with E-state index >= 15 is 0 Å². The van der Waals surface area contributed by atoms with Gasteiger partial charge in [-0.3, -0.25) is 4.79 Å². The number of phenolic OH excluding ortho intramolecular Hbond substituents is 1. The van der Waals surface area contributed by atoms with Crippen LogP contribution in [0.2, 0.25) is 0 Å². The van der Waals surface area contributed by atoms with Gasteiger partial charge in [0.15, 0.2) is 5.78 Å². The molecular weight excluding hydrogens is 214 g/mol. The van der Waals surface area contributed by atoms with Crippen molar-refractivity contribution in [1.82, 2.24) is 0 Å². The molecule has 0 saturated heterocycles. The van der Waals surface area contributed by atoms with Crippen LogP contribution < -0.4 is 4.90 Å². The second-order valence-corrected chi connectivity index (χ2v) is 4.81. The highest BCUT2D eigenvalue weighted by Crippen LogP contribution is 2.30. The maximum absolute atomic E-state index is 11.2. The first-order valence-electron chi connectivity index (χ1n) is 6.16. The Kier molecular flexibility index (Phi) is 3.36. The molecule has 0 radical (unpaired) electrons. The molecule has 0 bridgehead atoms. The number of hydrogen-bond donors (Lipinski definition) is 1. The van der Waals surface area contributed by atoms with E-state index in [-0.39, 0.29) is 11.5 Å². The molecule has 0 atom stereocenters. The Balaban J connectivity index is 2.21. The van der Waals surface area contributed by atoms with E-state index in [1.54, 1.807) is 12.1 Å². The highest BCUT2D eigenvalue weighted by molar-refractivity contribution is 5.97. The minimum atomic E-state index is -0.0995. The molecule has 0 unspecified atom stereocenters. The van der Waals surface area contributed by atoms with Gasteiger partial charge in [-0.1, -0.05) is 12.8 Å². The summed E-state index contributed by atoms with van der Waals surface area (Å²) in [5.41, 5.74) is 1.38. The molecule has 0 aliphatic heterocycles. The topological polar surface area (TPSA) is 40.5 Å². The minimum Gasteiger partial charge on any atom is -0.507 e. The molecule has 1 aliphatic rings. The summed E-state index contributed by atoms with van der Waals surface area (Å²) < 4.78 is 0. The third-order valence-corrected chi connectivity index (χ3v) is 3.64. The van der Waals surface area contributed by atoms with Crippen molar-refractivity contribution in [2.75, 3.05) is 11.9 Å². The van der Waals surface area contributed by atoms with E-state index in [9.17, 15) is 9.90 Å². The van der Waals surface area contributed by atoms with Gasteiger partial charge in [0.1, 0.15) is 5.75 Å². The number of benzene rings is 1. The maximum atomic E-state index is 11.2. The minimum absolute atomic E-state index is 0.0832. The summed E-state index contributed by atoms with van der Waals surface area (Å²) in [6, 6.07) is 5.88. The molecule has 2 rings (SSSR count). The van der Waals surface area contributed by atoms with Gasteiger partial charge < -0.3 is 10.0 Å². The molecule has 1 saturated carbocycles. The Morgan fingerprint density at radius 2 is 2.00 bits per heavy atom. The van der Waals surface area contributed by atoms with Crippen molar-refractivity contribution in [2.24, 2.45) is 0 Å². The van der Waals surface area contributed by atoms with Crippen LogP contribution in [0.15, 0.2) is 18.2 Å². The first-order valence-corrected chi connectivity index (χ1v) is 6.16. The monoisotopic (exact) mass is 233 g/mol. The Labute approximate surface area is 102 Å². The van der Waals surface area contributed by atoms with Crippen LogP contribution in [0.25, 0.3) is 0 Å². The molecule has 0 aromatic heterocycles. The Morgan fingerprint density at radius 3 is 2.53 bits per heavy atom. The summed E-state index contributed by atoms with van der Waals surface area (Å²) in [5, 5.41) is 9.81. The van der Waals surface area contributed by atoms with E-state index in [0.29, 0.717) is 11.6 Å². The maximum Gasteiger partial charge on any atom is 0.163 e. The molecule has 3 nitrogen and oxygen atoms in total. The highest BCUT2D eigenvalue weighted by atomic mass is 16.3. The van der Waals surface area contributed by atoms with E-state index in [1.165, 1.54) is 32.6 Å². The molecule has 0 amide bonds. The van der Waals surface area contributed by atoms with E-state index < -0.39 is 0 Å². The fourth-order valence-electron chi connectivity index (χ4n) is 2.54. The molecule has 1 N–H and O–H groups in total. The second kappa shape index (κ2) is 4.78. The average Bonchev–Trinajstić information content (AvgIpc) is 2.80. The Morgan fingerprint density at radius 1 is 1.35 bits per heavy atom. The second-order valence-electron chi connectivity index (χ2n) is 4.81. The first kappa shape index (κ1) is 12.0. The predicted octanol–water partition coefficient (Wildman–Crippen LogP) is 2.97. The van der Waals surface area contributed by atoms with Crippen molar-refractivity contribution in [3.63, 3.8) is 0 Å². The van der Waals surface area contributed by atoms with Gasteiger partial charge in [-0.2, -0.15) is 0 Å². The number of hydrogen-bond acceptors (Lipinski definition) is 3. The average molecular weight is 233 g/mol. The normalized spacial score (nSPS) is 16.1. The largest absolute Gasteiger partial charge is 0.507 e. The van der Waals surface area contributed by atoms with Crippen LogP contribution in [-0.4, -0.2) is 24.0 Å². The first-order chi connectivity index (χ1) is 8.09. The molecule has 92 valence electrons. The van der Waals surface area contributed by atoms with Crippen LogP contribution in [0.5, 0.6) is 5.75 Å². The van der Waals surface area contributed by atoms with Gasteiger partial charge in [-0.05, 0) is 31.9 Å². The van der Waals surface area contributed by atoms with Crippen molar-refractivity contribution in [3.8, 4) is 5.75 Å². The molecule has 0 heterocycles. The fourth-order valence-corrected chi connectivity index (χ4v) is 2.54. The van der Waals surface area contributed by atoms with Crippen LogP contribution in [0, 0.1) is 0 Å². The SMILES string of the molecule is CC(=O)c1ccc(N(C)C2CCCC2)cc1O. The highest BCUT2D eigenvalue weighted by Gasteiger charge is 2.20. The van der Waals surface area contributed by atoms with E-state index in [4.69, 9.17) is 0 Å². The van der Waals surface area contributed by atoms with Crippen molar-refractivity contribution in [3.05, 3.63) is 23.8 Å². The molecule has 17 heavy (non-hydrogen) atoms. The molecule has 3 heteroatoms. The quantitative estimate of drug-likeness (QED) is 0.816. The number of rotatable bonds is 3. The van der Waals surface area contributed by atoms with E-state index in [0.717, 1.165) is 5.69 Å². The molecule has 0 spiro atoms. The van der Waals surface area contributed by atoms with Crippen molar-refractivity contribution in [1.29, 1.82) is 0 Å². The van der Waals surface area contributed by atoms with Crippen molar-refractivity contribution in [2.45, 2.75) is 38.6 Å². The Hall–Kier alpha value is -1.51. The number of aromatic hydroxyl groups is 1. The smallest absolute Gasteiger partial charge is 0.163 e. The summed E-state index contributed by atoms with van der Waals surface area (Å²) in [4.78, 5) is 13.4. The fraction of sp³-hybridized carbons (Fsp3) is 0.500. The zero-order chi connectivity index (χ0) is 12.4. The molecule has 1 aromatic carbocycles. The number of phenols is 1. The number of nitrogens with zero attached hydrogens (tertiary/aromatic N) is 1. The van der Waals surface area contributed by atoms with Crippen LogP contribution in [0.3, 0.4) is 0 Å². The zero-order valence-corrected chi connectivity index (χ0v) is 10.4. The number of anilines is 1. The summed E-state index contributed by atoms with van der Waals surface area (Å²) in [6.07, 6.45) is 5.00. The number of ketones is 1. The predicted molar refractivity (Wildman–Crippen MR) is 68.8 cm³/mol. The lowest BCUT2D eigenvalue weighted by Crippen LogP contribution is -2.28. The third kappa shape index (κ3) is 2.43. The standard InChI is InChI=1S/C14H19NO2/c1-10(16)13-8-7-12(9-14(13)17)15(2)11-5-3-4-6-11/h7-9,11,17H,3-6H2,1-2H3. The summed E-state index contributed by atoms with van der Waals surface area (Å²) in [6.45, 7) is 1.47. The third-order valence-electron chi connectivity index (χ3n) is 3.64. The van der Waals surface area contributed by atoms with E-state index in [1.807, 2.05) is 6.07 Å². The van der Waals surface area contributed by atoms with Crippen LogP contribution in [0.4, 0.5) is 5.69 Å². The van der Waals surface area contributed by atoms with Gasteiger partial charge in [0.25, 0.3) is 0 Å². The van der Waals surface area contributed by atoms with E-state index in [2.05, 4.69) is 11.9 Å². The van der Waals surface area contributed by atoms with Gasteiger partial charge in [-0.25, -0.2) is 0 Å². The summed E-state index contributed by atoms with van der Waals surface area (Å²) in [5.74, 6) is -0.0163. The van der Waals surface area contributed by atoms with Crippen LogP contribution in [-0.2, 0) is 0 Å². The number of Topliss-reactive ketones (excluding diaryl/α,β-unsaturated/α-hetero) is 1. The Bertz CT molecular complexity index is 422. The lowest BCUT2D eigenvalue weighted by Gasteiger charge is -2.26. The summed E-state index contributed by atoms with van der Waals surface area (Å²) >= 11 is 0. The van der Waals surface area contributed by atoms with Gasteiger partial charge in [0.2, 0.25) is 0 Å². The van der Waals surface area contributed by atoms with Gasteiger partial charge in [0, 0.05) is 24.8 Å². The van der Waals surface area contributed by atoms with Crippen molar-refractivity contribution < 1.29 is 9.90 Å². The molecular formula is C14H19NO2. The van der Waals surface area contributed by atoms with Crippen molar-refractivity contribution >= 4 is 11.5 Å². The lowest BCUT2D eigenvalue weighted by atomic mass is 10.1. The molecule has 1 aromatic rings. The summed E-state index contributed by atoms with van der Waals surface area (Å²) in [7, 11) is 2.05. The van der Waals surface area contributed by atoms with Gasteiger partial charge in [-0.15, -0.1) is 0 Å².